The van der Waals surface area contributed by atoms with E-state index < -0.39 is 10.9 Å². The van der Waals surface area contributed by atoms with Crippen LogP contribution in [-0.4, -0.2) is 33.2 Å². The Balaban J connectivity index is 1.84. The molecule has 0 saturated heterocycles. The predicted molar refractivity (Wildman–Crippen MR) is 102 cm³/mol. The summed E-state index contributed by atoms with van der Waals surface area (Å²) in [5, 5.41) is 17.8. The van der Waals surface area contributed by atoms with Crippen LogP contribution in [0.3, 0.4) is 0 Å². The van der Waals surface area contributed by atoms with Crippen molar-refractivity contribution < 1.29 is 9.53 Å². The number of allylic oxidation sites excluding steroid dienone is 1. The van der Waals surface area contributed by atoms with Crippen LogP contribution in [0.1, 0.15) is 24.7 Å². The van der Waals surface area contributed by atoms with Gasteiger partial charge in [-0.1, -0.05) is 6.92 Å². The van der Waals surface area contributed by atoms with Crippen LogP contribution in [-0.2, 0) is 16.1 Å². The largest absolute Gasteiger partial charge is 0.378 e. The number of rotatable bonds is 7. The van der Waals surface area contributed by atoms with Crippen molar-refractivity contribution in [2.75, 3.05) is 12.4 Å². The third-order valence-corrected chi connectivity index (χ3v) is 5.25. The van der Waals surface area contributed by atoms with Crippen molar-refractivity contribution in [2.45, 2.75) is 32.0 Å². The lowest BCUT2D eigenvalue weighted by Gasteiger charge is -2.13. The van der Waals surface area contributed by atoms with Gasteiger partial charge < -0.3 is 15.4 Å². The molecule has 1 amide bonds. The number of nitrogens with zero attached hydrogens (tertiary/aromatic N) is 3. The number of hydrogen-bond donors (Lipinski definition) is 4. The zero-order valence-corrected chi connectivity index (χ0v) is 15.8. The van der Waals surface area contributed by atoms with Crippen LogP contribution in [0.25, 0.3) is 0 Å². The number of amides is 1. The molecule has 1 aliphatic heterocycles. The van der Waals surface area contributed by atoms with Crippen molar-refractivity contribution >= 4 is 28.4 Å². The maximum atomic E-state index is 11.6. The highest BCUT2D eigenvalue weighted by atomic mass is 32.2. The fraction of sp³-hybridized carbons (Fsp3) is 0.294. The van der Waals surface area contributed by atoms with Crippen LogP contribution in [0, 0.1) is 6.92 Å². The number of aromatic nitrogens is 4. The summed E-state index contributed by atoms with van der Waals surface area (Å²) in [7, 11) is 0.803. The van der Waals surface area contributed by atoms with E-state index in [0.717, 1.165) is 22.9 Å². The van der Waals surface area contributed by atoms with Gasteiger partial charge in [-0.3, -0.25) is 9.89 Å². The molecule has 3 N–H and O–H groups in total. The molecule has 0 spiro atoms. The van der Waals surface area contributed by atoms with Gasteiger partial charge >= 0.3 is 0 Å². The number of thiol groups is 1. The molecule has 3 rings (SSSR count). The predicted octanol–water partition coefficient (Wildman–Crippen LogP) is 2.65. The van der Waals surface area contributed by atoms with Gasteiger partial charge in [-0.05, 0) is 23.8 Å². The number of nitrogens with one attached hydrogen (secondary N) is 3. The van der Waals surface area contributed by atoms with E-state index in [2.05, 4.69) is 30.8 Å². The van der Waals surface area contributed by atoms with E-state index in [1.807, 2.05) is 42.9 Å². The summed E-state index contributed by atoms with van der Waals surface area (Å²) in [4.78, 5) is 20.8. The van der Waals surface area contributed by atoms with E-state index in [4.69, 9.17) is 4.74 Å². The van der Waals surface area contributed by atoms with Gasteiger partial charge in [-0.2, -0.15) is 5.10 Å². The second-order valence-corrected chi connectivity index (χ2v) is 7.51. The smallest absolute Gasteiger partial charge is 0.224 e. The van der Waals surface area contributed by atoms with Crippen LogP contribution >= 0.6 is 10.9 Å². The second kappa shape index (κ2) is 8.15. The van der Waals surface area contributed by atoms with E-state index >= 15 is 0 Å². The van der Waals surface area contributed by atoms with Gasteiger partial charge in [-0.25, -0.2) is 9.97 Å². The van der Waals surface area contributed by atoms with Gasteiger partial charge in [-0.15, -0.1) is 10.9 Å². The molecule has 1 unspecified atom stereocenters. The number of aromatic amines is 1. The van der Waals surface area contributed by atoms with Gasteiger partial charge in [0.2, 0.25) is 5.91 Å². The maximum Gasteiger partial charge on any atom is 0.224 e. The molecule has 0 fully saturated rings. The van der Waals surface area contributed by atoms with Crippen LogP contribution < -0.4 is 10.6 Å². The lowest BCUT2D eigenvalue weighted by atomic mass is 10.4. The molecular weight excluding hydrogens is 352 g/mol. The Bertz CT molecular complexity index is 861. The summed E-state index contributed by atoms with van der Waals surface area (Å²) in [6, 6.07) is 3.75. The SMILES string of the molecule is CCC(=O)NC1=C[SH](c2nc(COC)cc(Nc3cc(C)n[nH]3)n2)C=C1. The first kappa shape index (κ1) is 18.2. The lowest BCUT2D eigenvalue weighted by Crippen LogP contribution is -2.19. The van der Waals surface area contributed by atoms with Gasteiger partial charge in [0.25, 0.3) is 0 Å². The van der Waals surface area contributed by atoms with E-state index in [1.165, 1.54) is 0 Å². The molecule has 0 aromatic carbocycles. The highest BCUT2D eigenvalue weighted by Crippen LogP contribution is 2.42. The van der Waals surface area contributed by atoms with Crippen molar-refractivity contribution in [2.24, 2.45) is 0 Å². The minimum atomic E-state index is -0.829. The molecular formula is C17H22N6O2S. The van der Waals surface area contributed by atoms with Crippen LogP contribution in [0.15, 0.2) is 39.9 Å². The van der Waals surface area contributed by atoms with Crippen LogP contribution in [0.4, 0.5) is 11.6 Å². The Labute approximate surface area is 154 Å². The Morgan fingerprint density at radius 1 is 1.35 bits per heavy atom. The van der Waals surface area contributed by atoms with E-state index in [-0.39, 0.29) is 5.91 Å². The molecule has 1 atom stereocenters. The number of carbonyl (C=O) groups excluding carboxylic acids is 1. The Kier molecular flexibility index (Phi) is 5.69. The molecule has 138 valence electrons. The molecule has 0 bridgehead atoms. The Morgan fingerprint density at radius 3 is 2.88 bits per heavy atom. The Morgan fingerprint density at radius 2 is 2.19 bits per heavy atom. The molecule has 2 aromatic rings. The molecule has 26 heavy (non-hydrogen) atoms. The van der Waals surface area contributed by atoms with Gasteiger partial charge in [0.1, 0.15) is 11.6 Å². The second-order valence-electron chi connectivity index (χ2n) is 5.73. The monoisotopic (exact) mass is 374 g/mol. The summed E-state index contributed by atoms with van der Waals surface area (Å²) in [6.45, 7) is 4.12. The van der Waals surface area contributed by atoms with Crippen molar-refractivity contribution in [1.29, 1.82) is 0 Å². The standard InChI is InChI=1S/C17H22N6O2S/c1-4-16(24)18-12-5-6-26(10-12)17-19-13(9-25-3)8-14(21-17)20-15-7-11(2)22-23-15/h5-8,10,26H,4,9H2,1-3H3,(H,18,24)(H2,19,20,21,22,23). The number of carbonyl (C=O) groups is 1. The fourth-order valence-corrected chi connectivity index (χ4v) is 3.93. The third kappa shape index (κ3) is 4.50. The van der Waals surface area contributed by atoms with Gasteiger partial charge in [0, 0.05) is 31.4 Å². The summed E-state index contributed by atoms with van der Waals surface area (Å²) in [5.74, 6) is 1.42. The minimum Gasteiger partial charge on any atom is -0.378 e. The van der Waals surface area contributed by atoms with Crippen molar-refractivity contribution in [1.82, 2.24) is 25.5 Å². The first-order valence-corrected chi connectivity index (χ1v) is 9.69. The number of anilines is 2. The Hall–Kier alpha value is -2.65. The van der Waals surface area contributed by atoms with E-state index in [1.54, 1.807) is 7.11 Å². The van der Waals surface area contributed by atoms with E-state index in [9.17, 15) is 4.79 Å². The molecule has 3 heterocycles. The van der Waals surface area contributed by atoms with Crippen molar-refractivity contribution in [3.05, 3.63) is 46.1 Å². The number of aryl methyl sites for hydroxylation is 1. The first-order valence-electron chi connectivity index (χ1n) is 8.21. The van der Waals surface area contributed by atoms with Crippen LogP contribution in [0.2, 0.25) is 0 Å². The summed E-state index contributed by atoms with van der Waals surface area (Å²) in [5.41, 5.74) is 2.47. The topological polar surface area (TPSA) is 105 Å². The molecule has 9 heteroatoms. The van der Waals surface area contributed by atoms with Crippen LogP contribution in [0.5, 0.6) is 0 Å². The average molecular weight is 374 g/mol. The lowest BCUT2D eigenvalue weighted by molar-refractivity contribution is -0.119. The average Bonchev–Trinajstić information content (AvgIpc) is 3.24. The number of hydrogen-bond acceptors (Lipinski definition) is 6. The first-order chi connectivity index (χ1) is 12.6. The van der Waals surface area contributed by atoms with Crippen molar-refractivity contribution in [3.8, 4) is 0 Å². The maximum absolute atomic E-state index is 11.6. The third-order valence-electron chi connectivity index (χ3n) is 3.56. The minimum absolute atomic E-state index is 0.0104. The van der Waals surface area contributed by atoms with Gasteiger partial charge in [0.05, 0.1) is 18.0 Å². The highest BCUT2D eigenvalue weighted by Gasteiger charge is 2.15. The fourth-order valence-electron chi connectivity index (χ4n) is 2.35. The molecule has 0 radical (unpaired) electrons. The zero-order valence-electron chi connectivity index (χ0n) is 14.9. The highest BCUT2D eigenvalue weighted by molar-refractivity contribution is 8.22. The number of ether oxygens (including phenoxy) is 1. The van der Waals surface area contributed by atoms with Crippen molar-refractivity contribution in [3.63, 3.8) is 0 Å². The summed E-state index contributed by atoms with van der Waals surface area (Å²) in [6.07, 6.45) is 2.34. The zero-order chi connectivity index (χ0) is 18.5. The van der Waals surface area contributed by atoms with E-state index in [0.29, 0.717) is 24.0 Å². The number of H-pyrrole nitrogens is 1. The summed E-state index contributed by atoms with van der Waals surface area (Å²) < 4.78 is 5.22. The normalized spacial score (nSPS) is 17.2. The molecule has 1 aliphatic rings. The molecule has 0 saturated carbocycles. The quantitative estimate of drug-likeness (QED) is 0.439. The number of methoxy groups -OCH3 is 1. The molecule has 8 nitrogen and oxygen atoms in total. The summed E-state index contributed by atoms with van der Waals surface area (Å²) >= 11 is 0. The van der Waals surface area contributed by atoms with Gasteiger partial charge in [0.15, 0.2) is 5.16 Å². The molecule has 2 aromatic heterocycles. The molecule has 0 aliphatic carbocycles.